The summed E-state index contributed by atoms with van der Waals surface area (Å²) in [6.45, 7) is 3.34. The Kier molecular flexibility index (Phi) is 5.43. The molecule has 0 aliphatic heterocycles. The second kappa shape index (κ2) is 7.51. The molecular weight excluding hydrogens is 314 g/mol. The Bertz CT molecular complexity index is 776. The van der Waals surface area contributed by atoms with Gasteiger partial charge in [-0.05, 0) is 26.0 Å². The first-order chi connectivity index (χ1) is 11.4. The van der Waals surface area contributed by atoms with E-state index in [4.69, 9.17) is 9.47 Å². The Hall–Kier alpha value is -3.00. The van der Waals surface area contributed by atoms with Gasteiger partial charge in [0.2, 0.25) is 0 Å². The van der Waals surface area contributed by atoms with Crippen LogP contribution < -0.4 is 10.1 Å². The molecule has 1 heterocycles. The van der Waals surface area contributed by atoms with Crippen LogP contribution >= 0.6 is 0 Å². The fourth-order valence-electron chi connectivity index (χ4n) is 2.07. The number of pyridine rings is 1. The van der Waals surface area contributed by atoms with E-state index in [1.165, 1.54) is 19.4 Å². The van der Waals surface area contributed by atoms with Crippen LogP contribution in [0.3, 0.4) is 0 Å². The molecule has 126 valence electrons. The summed E-state index contributed by atoms with van der Waals surface area (Å²) < 4.78 is 10.5. The summed E-state index contributed by atoms with van der Waals surface area (Å²) in [5, 5.41) is 13.5. The van der Waals surface area contributed by atoms with Gasteiger partial charge in [0.1, 0.15) is 23.9 Å². The lowest BCUT2D eigenvalue weighted by atomic mass is 10.1. The van der Waals surface area contributed by atoms with Crippen LogP contribution in [0.4, 0.5) is 11.5 Å². The van der Waals surface area contributed by atoms with Gasteiger partial charge in [-0.1, -0.05) is 0 Å². The van der Waals surface area contributed by atoms with Crippen LogP contribution in [-0.4, -0.2) is 29.5 Å². The molecule has 0 aliphatic rings. The van der Waals surface area contributed by atoms with Gasteiger partial charge in [0, 0.05) is 36.6 Å². The van der Waals surface area contributed by atoms with Gasteiger partial charge < -0.3 is 14.8 Å². The maximum atomic E-state index is 11.5. The van der Waals surface area contributed by atoms with Crippen LogP contribution in [0.25, 0.3) is 0 Å². The number of aromatic nitrogens is 1. The van der Waals surface area contributed by atoms with Gasteiger partial charge in [-0.2, -0.15) is 0 Å². The van der Waals surface area contributed by atoms with Crippen molar-refractivity contribution in [2.45, 2.75) is 13.8 Å². The molecule has 0 spiro atoms. The summed E-state index contributed by atoms with van der Waals surface area (Å²) in [5.74, 6) is 0.947. The lowest BCUT2D eigenvalue weighted by Gasteiger charge is -2.12. The minimum Gasteiger partial charge on any atom is -0.457 e. The number of nitro groups is 1. The molecule has 0 atom stereocenters. The number of anilines is 1. The zero-order chi connectivity index (χ0) is 17.7. The number of nitro benzene ring substituents is 1. The number of rotatable bonds is 6. The standard InChI is InChI=1S/C16H17N3O5/c1-10-11(2)14(5-4-13(10)19(21)22)24-12-6-7-17-15(8-12)18-16(20)9-23-3/h4-8H,9H2,1-3H3,(H,17,18,20). The van der Waals surface area contributed by atoms with Crippen molar-refractivity contribution in [1.82, 2.24) is 4.98 Å². The molecule has 1 N–H and O–H groups in total. The summed E-state index contributed by atoms with van der Waals surface area (Å²) in [5.41, 5.74) is 1.26. The highest BCUT2D eigenvalue weighted by Crippen LogP contribution is 2.32. The van der Waals surface area contributed by atoms with Gasteiger partial charge in [0.05, 0.1) is 4.92 Å². The van der Waals surface area contributed by atoms with Crippen molar-refractivity contribution < 1.29 is 19.2 Å². The first kappa shape index (κ1) is 17.4. The summed E-state index contributed by atoms with van der Waals surface area (Å²) in [7, 11) is 1.42. The van der Waals surface area contributed by atoms with E-state index in [0.29, 0.717) is 28.4 Å². The Labute approximate surface area is 138 Å². The van der Waals surface area contributed by atoms with Gasteiger partial charge in [-0.3, -0.25) is 14.9 Å². The molecule has 1 aromatic heterocycles. The van der Waals surface area contributed by atoms with E-state index in [0.717, 1.165) is 0 Å². The number of ether oxygens (including phenoxy) is 2. The lowest BCUT2D eigenvalue weighted by molar-refractivity contribution is -0.385. The number of hydrogen-bond acceptors (Lipinski definition) is 6. The van der Waals surface area contributed by atoms with Crippen LogP contribution in [-0.2, 0) is 9.53 Å². The van der Waals surface area contributed by atoms with Crippen LogP contribution in [0.15, 0.2) is 30.5 Å². The van der Waals surface area contributed by atoms with E-state index in [1.807, 2.05) is 0 Å². The van der Waals surface area contributed by atoms with Gasteiger partial charge in [-0.15, -0.1) is 0 Å². The first-order valence-electron chi connectivity index (χ1n) is 7.09. The average molecular weight is 331 g/mol. The van der Waals surface area contributed by atoms with E-state index >= 15 is 0 Å². The van der Waals surface area contributed by atoms with E-state index in [2.05, 4.69) is 10.3 Å². The second-order valence-corrected chi connectivity index (χ2v) is 5.05. The highest BCUT2D eigenvalue weighted by Gasteiger charge is 2.16. The summed E-state index contributed by atoms with van der Waals surface area (Å²) in [4.78, 5) is 26.0. The zero-order valence-electron chi connectivity index (χ0n) is 13.5. The number of nitrogens with one attached hydrogen (secondary N) is 1. The van der Waals surface area contributed by atoms with Crippen molar-refractivity contribution in [3.8, 4) is 11.5 Å². The van der Waals surface area contributed by atoms with Crippen LogP contribution in [0.2, 0.25) is 0 Å². The van der Waals surface area contributed by atoms with Crippen molar-refractivity contribution in [3.05, 3.63) is 51.7 Å². The summed E-state index contributed by atoms with van der Waals surface area (Å²) >= 11 is 0. The number of benzene rings is 1. The summed E-state index contributed by atoms with van der Waals surface area (Å²) in [6.07, 6.45) is 1.49. The predicted octanol–water partition coefficient (Wildman–Crippen LogP) is 2.98. The molecule has 0 aliphatic carbocycles. The number of carbonyl (C=O) groups excluding carboxylic acids is 1. The molecule has 0 bridgehead atoms. The number of nitrogens with zero attached hydrogens (tertiary/aromatic N) is 2. The Balaban J connectivity index is 2.21. The normalized spacial score (nSPS) is 10.3. The van der Waals surface area contributed by atoms with Crippen molar-refractivity contribution in [1.29, 1.82) is 0 Å². The molecule has 0 saturated carbocycles. The van der Waals surface area contributed by atoms with Gasteiger partial charge in [0.15, 0.2) is 0 Å². The third kappa shape index (κ3) is 4.05. The largest absolute Gasteiger partial charge is 0.457 e. The second-order valence-electron chi connectivity index (χ2n) is 5.05. The molecule has 8 heteroatoms. The molecule has 2 aromatic rings. The molecule has 24 heavy (non-hydrogen) atoms. The van der Waals surface area contributed by atoms with Crippen molar-refractivity contribution in [3.63, 3.8) is 0 Å². The van der Waals surface area contributed by atoms with Crippen molar-refractivity contribution in [2.24, 2.45) is 0 Å². The first-order valence-corrected chi connectivity index (χ1v) is 7.09. The van der Waals surface area contributed by atoms with Crippen LogP contribution in [0.1, 0.15) is 11.1 Å². The van der Waals surface area contributed by atoms with E-state index in [9.17, 15) is 14.9 Å². The van der Waals surface area contributed by atoms with Gasteiger partial charge >= 0.3 is 0 Å². The monoisotopic (exact) mass is 331 g/mol. The number of methoxy groups -OCH3 is 1. The molecule has 2 rings (SSSR count). The number of carbonyl (C=O) groups is 1. The molecule has 8 nitrogen and oxygen atoms in total. The molecule has 0 saturated heterocycles. The molecule has 1 aromatic carbocycles. The minimum absolute atomic E-state index is 0.0436. The molecule has 0 unspecified atom stereocenters. The fraction of sp³-hybridized carbons (Fsp3) is 0.250. The molecular formula is C16H17N3O5. The molecule has 1 amide bonds. The molecule has 0 fully saturated rings. The Morgan fingerprint density at radius 2 is 2.04 bits per heavy atom. The third-order valence-electron chi connectivity index (χ3n) is 3.41. The van der Waals surface area contributed by atoms with Gasteiger partial charge in [-0.25, -0.2) is 4.98 Å². The van der Waals surface area contributed by atoms with E-state index < -0.39 is 4.92 Å². The lowest BCUT2D eigenvalue weighted by Crippen LogP contribution is -2.17. The fourth-order valence-corrected chi connectivity index (χ4v) is 2.07. The maximum absolute atomic E-state index is 11.5. The number of hydrogen-bond donors (Lipinski definition) is 1. The van der Waals surface area contributed by atoms with Crippen LogP contribution in [0, 0.1) is 24.0 Å². The smallest absolute Gasteiger partial charge is 0.272 e. The quantitative estimate of drug-likeness (QED) is 0.644. The zero-order valence-corrected chi connectivity index (χ0v) is 13.5. The minimum atomic E-state index is -0.429. The van der Waals surface area contributed by atoms with E-state index in [-0.39, 0.29) is 18.2 Å². The van der Waals surface area contributed by atoms with Crippen LogP contribution in [0.5, 0.6) is 11.5 Å². The average Bonchev–Trinajstić information content (AvgIpc) is 2.52. The maximum Gasteiger partial charge on any atom is 0.272 e. The molecule has 0 radical (unpaired) electrons. The Morgan fingerprint density at radius 1 is 1.29 bits per heavy atom. The predicted molar refractivity (Wildman–Crippen MR) is 87.4 cm³/mol. The van der Waals surface area contributed by atoms with Gasteiger partial charge in [0.25, 0.3) is 11.6 Å². The Morgan fingerprint density at radius 3 is 2.71 bits per heavy atom. The third-order valence-corrected chi connectivity index (χ3v) is 3.41. The SMILES string of the molecule is COCC(=O)Nc1cc(Oc2ccc([N+](=O)[O-])c(C)c2C)ccn1. The topological polar surface area (TPSA) is 104 Å². The van der Waals surface area contributed by atoms with E-state index in [1.54, 1.807) is 32.0 Å². The highest BCUT2D eigenvalue weighted by atomic mass is 16.6. The summed E-state index contributed by atoms with van der Waals surface area (Å²) in [6, 6.07) is 6.14. The highest BCUT2D eigenvalue weighted by molar-refractivity contribution is 5.90. The van der Waals surface area contributed by atoms with Crippen molar-refractivity contribution >= 4 is 17.4 Å². The number of amides is 1. The van der Waals surface area contributed by atoms with Crippen molar-refractivity contribution in [2.75, 3.05) is 19.0 Å².